The van der Waals surface area contributed by atoms with Crippen LogP contribution in [0.2, 0.25) is 0 Å². The average molecular weight is 723 g/mol. The first-order valence-electron chi connectivity index (χ1n) is 19.9. The third kappa shape index (κ3) is 6.88. The van der Waals surface area contributed by atoms with Gasteiger partial charge < -0.3 is 25.0 Å². The second-order valence-corrected chi connectivity index (χ2v) is 16.1. The molecule has 0 spiro atoms. The number of ether oxygens (including phenoxy) is 1. The number of nitrogens with zero attached hydrogens (tertiary/aromatic N) is 3. The first-order chi connectivity index (χ1) is 26.4. The van der Waals surface area contributed by atoms with Crippen molar-refractivity contribution in [3.63, 3.8) is 0 Å². The summed E-state index contributed by atoms with van der Waals surface area (Å²) < 4.78 is 6.46. The van der Waals surface area contributed by atoms with Gasteiger partial charge in [-0.05, 0) is 134 Å². The molecule has 0 aromatic heterocycles. The third-order valence-electron chi connectivity index (χ3n) is 12.8. The fourth-order valence-electron chi connectivity index (χ4n) is 9.66. The van der Waals surface area contributed by atoms with E-state index in [0.717, 1.165) is 86.7 Å². The van der Waals surface area contributed by atoms with E-state index in [-0.39, 0.29) is 23.8 Å². The minimum atomic E-state index is -0.427. The fourth-order valence-corrected chi connectivity index (χ4v) is 9.66. The lowest BCUT2D eigenvalue weighted by Crippen LogP contribution is -2.49. The first kappa shape index (κ1) is 34.7. The average Bonchev–Trinajstić information content (AvgIpc) is 3.50. The van der Waals surface area contributed by atoms with Crippen LogP contribution in [-0.4, -0.2) is 71.6 Å². The number of hydrogen-bond donors (Lipinski definition) is 2. The molecule has 3 fully saturated rings. The van der Waals surface area contributed by atoms with Gasteiger partial charge in [0.2, 0.25) is 5.91 Å². The number of fused-ring (bicyclic) bond motifs is 2. The maximum Gasteiger partial charge on any atom is 0.255 e. The Morgan fingerprint density at radius 2 is 1.61 bits per heavy atom. The molecule has 0 bridgehead atoms. The van der Waals surface area contributed by atoms with Crippen LogP contribution in [0.15, 0.2) is 103 Å². The second kappa shape index (κ2) is 14.6. The topological polar surface area (TPSA) is 85.4 Å². The van der Waals surface area contributed by atoms with Crippen molar-refractivity contribution in [1.29, 1.82) is 0 Å². The number of piperidine rings is 1. The maximum atomic E-state index is 13.2. The Hall–Kier alpha value is -5.08. The molecule has 2 aliphatic carbocycles. The molecule has 54 heavy (non-hydrogen) atoms. The third-order valence-corrected chi connectivity index (χ3v) is 12.8. The van der Waals surface area contributed by atoms with E-state index >= 15 is 0 Å². The quantitative estimate of drug-likeness (QED) is 0.188. The molecule has 4 aromatic rings. The van der Waals surface area contributed by atoms with Gasteiger partial charge in [-0.2, -0.15) is 0 Å². The number of piperazine rings is 1. The predicted molar refractivity (Wildman–Crippen MR) is 211 cm³/mol. The van der Waals surface area contributed by atoms with E-state index in [1.165, 1.54) is 28.7 Å². The van der Waals surface area contributed by atoms with Gasteiger partial charge in [0.25, 0.3) is 5.91 Å². The highest BCUT2D eigenvalue weighted by molar-refractivity contribution is 6.01. The van der Waals surface area contributed by atoms with E-state index in [0.29, 0.717) is 37.0 Å². The number of phenolic OH excluding ortho intramolecular Hbond substituents is 1. The van der Waals surface area contributed by atoms with Crippen molar-refractivity contribution in [2.24, 2.45) is 5.92 Å². The van der Waals surface area contributed by atoms with Gasteiger partial charge in [0.15, 0.2) is 0 Å². The molecule has 0 radical (unpaired) electrons. The minimum absolute atomic E-state index is 0.0444. The minimum Gasteiger partial charge on any atom is -0.508 e. The number of nitrogens with one attached hydrogen (secondary N) is 1. The number of allylic oxidation sites excluding steroid dienone is 1. The summed E-state index contributed by atoms with van der Waals surface area (Å²) in [5.41, 5.74) is 8.87. The van der Waals surface area contributed by atoms with Crippen LogP contribution in [0.25, 0.3) is 0 Å². The summed E-state index contributed by atoms with van der Waals surface area (Å²) in [4.78, 5) is 32.5. The van der Waals surface area contributed by atoms with Crippen molar-refractivity contribution < 1.29 is 19.4 Å². The number of benzene rings is 4. The molecule has 2 N–H and O–H groups in total. The molecule has 1 saturated carbocycles. The van der Waals surface area contributed by atoms with Crippen LogP contribution in [0.1, 0.15) is 88.5 Å². The normalized spacial score (nSPS) is 25.5. The Bertz CT molecular complexity index is 2030. The molecule has 2 saturated heterocycles. The monoisotopic (exact) mass is 722 g/mol. The number of anilines is 1. The predicted octanol–water partition coefficient (Wildman–Crippen LogP) is 7.37. The van der Waals surface area contributed by atoms with E-state index in [4.69, 9.17) is 4.74 Å². The molecule has 3 aliphatic heterocycles. The van der Waals surface area contributed by atoms with Crippen LogP contribution in [0.3, 0.4) is 0 Å². The number of aryl methyl sites for hydroxylation is 1. The van der Waals surface area contributed by atoms with E-state index in [9.17, 15) is 14.7 Å². The summed E-state index contributed by atoms with van der Waals surface area (Å²) in [7, 11) is 0. The molecule has 3 atom stereocenters. The Labute approximate surface area is 318 Å². The highest BCUT2D eigenvalue weighted by atomic mass is 16.5. The van der Waals surface area contributed by atoms with Crippen LogP contribution >= 0.6 is 0 Å². The van der Waals surface area contributed by atoms with Crippen LogP contribution in [0.5, 0.6) is 11.5 Å². The Morgan fingerprint density at radius 3 is 2.39 bits per heavy atom. The second-order valence-electron chi connectivity index (χ2n) is 16.1. The van der Waals surface area contributed by atoms with Crippen molar-refractivity contribution >= 4 is 17.5 Å². The molecule has 278 valence electrons. The van der Waals surface area contributed by atoms with Crippen molar-refractivity contribution in [3.8, 4) is 11.5 Å². The van der Waals surface area contributed by atoms with Crippen molar-refractivity contribution in [2.75, 3.05) is 37.6 Å². The van der Waals surface area contributed by atoms with Gasteiger partial charge in [0.05, 0.1) is 6.10 Å². The molecule has 8 nitrogen and oxygen atoms in total. The number of rotatable bonds is 9. The lowest BCUT2D eigenvalue weighted by molar-refractivity contribution is -0.126. The zero-order valence-corrected chi connectivity index (χ0v) is 31.0. The highest BCUT2D eigenvalue weighted by Crippen LogP contribution is 2.47. The molecule has 8 heteroatoms. The van der Waals surface area contributed by atoms with Crippen LogP contribution < -0.4 is 15.0 Å². The fraction of sp³-hybridized carbons (Fsp3) is 0.391. The molecule has 3 heterocycles. The molecular weight excluding hydrogens is 673 g/mol. The number of amides is 2. The maximum absolute atomic E-state index is 13.2. The Balaban J connectivity index is 0.739. The van der Waals surface area contributed by atoms with E-state index < -0.39 is 6.04 Å². The number of aromatic hydroxyl groups is 1. The Morgan fingerprint density at radius 1 is 0.815 bits per heavy atom. The number of carbonyl (C=O) groups excluding carboxylic acids is 2. The largest absolute Gasteiger partial charge is 0.508 e. The smallest absolute Gasteiger partial charge is 0.255 e. The van der Waals surface area contributed by atoms with Crippen LogP contribution in [-0.2, 0) is 17.8 Å². The van der Waals surface area contributed by atoms with E-state index in [1.807, 2.05) is 18.2 Å². The summed E-state index contributed by atoms with van der Waals surface area (Å²) >= 11 is 0. The van der Waals surface area contributed by atoms with E-state index in [1.54, 1.807) is 4.90 Å². The van der Waals surface area contributed by atoms with Gasteiger partial charge in [-0.3, -0.25) is 14.5 Å². The number of phenols is 1. The molecule has 2 amide bonds. The summed E-state index contributed by atoms with van der Waals surface area (Å²) in [6.45, 7) is 9.48. The van der Waals surface area contributed by atoms with Gasteiger partial charge in [-0.25, -0.2) is 0 Å². The van der Waals surface area contributed by atoms with Gasteiger partial charge in [0, 0.05) is 55.6 Å². The SMILES string of the molecule is C=C1CCC(N2Cc3cc(N4CCN(CCC5CC(Oc6ccc([C@@H]7c8ccc(O)cc8CC[C@@H]7c7ccccc7)cc6)C5)CC4)ccc3C2=O)C(=O)N1. The molecular formula is C46H50N4O4. The standard InChI is InChI=1S/C46H50N4O4/c1-30-7-18-43(45(52)47-30)50-29-35-27-36(11-16-42(35)46(50)53)49-23-21-48(22-24-49)20-19-31-25-39(26-31)54-38-13-8-33(9-14-38)44-40(32-5-3-2-4-6-32)15-10-34-28-37(51)12-17-41(34)44/h2-6,8-9,11-14,16-17,27-28,31,39-40,43-44,51H,1,7,10,15,18-26,29H2,(H,47,52)/t31?,39?,40-,43?,44+/m1/s1. The van der Waals surface area contributed by atoms with Crippen molar-refractivity contribution in [2.45, 2.75) is 75.5 Å². The number of hydrogen-bond acceptors (Lipinski definition) is 6. The van der Waals surface area contributed by atoms with Gasteiger partial charge in [0.1, 0.15) is 17.5 Å². The molecule has 5 aliphatic rings. The summed E-state index contributed by atoms with van der Waals surface area (Å²) in [6.07, 6.45) is 7.07. The summed E-state index contributed by atoms with van der Waals surface area (Å²) in [6, 6.07) is 31.3. The lowest BCUT2D eigenvalue weighted by atomic mass is 9.69. The van der Waals surface area contributed by atoms with Crippen molar-refractivity contribution in [3.05, 3.63) is 137 Å². The molecule has 1 unspecified atom stereocenters. The van der Waals surface area contributed by atoms with Gasteiger partial charge in [-0.15, -0.1) is 0 Å². The van der Waals surface area contributed by atoms with Crippen LogP contribution in [0, 0.1) is 5.92 Å². The van der Waals surface area contributed by atoms with Crippen LogP contribution in [0.4, 0.5) is 5.69 Å². The summed E-state index contributed by atoms with van der Waals surface area (Å²) in [5.74, 6) is 2.46. The van der Waals surface area contributed by atoms with E-state index in [2.05, 4.69) is 94.5 Å². The zero-order valence-electron chi connectivity index (χ0n) is 31.0. The lowest BCUT2D eigenvalue weighted by Gasteiger charge is -2.39. The molecule has 9 rings (SSSR count). The molecule has 4 aromatic carbocycles. The summed E-state index contributed by atoms with van der Waals surface area (Å²) in [5, 5.41) is 13.0. The van der Waals surface area contributed by atoms with Gasteiger partial charge >= 0.3 is 0 Å². The first-order valence-corrected chi connectivity index (χ1v) is 19.9. The highest BCUT2D eigenvalue weighted by Gasteiger charge is 2.39. The zero-order chi connectivity index (χ0) is 36.8. The van der Waals surface area contributed by atoms with Crippen molar-refractivity contribution in [1.82, 2.24) is 15.1 Å². The number of carbonyl (C=O) groups is 2. The van der Waals surface area contributed by atoms with Gasteiger partial charge in [-0.1, -0.05) is 55.1 Å². The Kier molecular flexibility index (Phi) is 9.39.